The van der Waals surface area contributed by atoms with Crippen molar-refractivity contribution in [1.29, 1.82) is 0 Å². The van der Waals surface area contributed by atoms with E-state index in [1.165, 1.54) is 5.56 Å². The summed E-state index contributed by atoms with van der Waals surface area (Å²) < 4.78 is 13.2. The molecule has 1 heterocycles. The first kappa shape index (κ1) is 25.0. The monoisotopic (exact) mass is 485 g/mol. The van der Waals surface area contributed by atoms with Crippen LogP contribution in [-0.4, -0.2) is 28.8 Å². The molecule has 0 aliphatic heterocycles. The molecule has 1 aromatic heterocycles. The summed E-state index contributed by atoms with van der Waals surface area (Å²) in [5.41, 5.74) is 3.25. The number of carbonyl (C=O) groups excluding carboxylic acids is 1. The van der Waals surface area contributed by atoms with Crippen LogP contribution in [0.15, 0.2) is 83.0 Å². The molecule has 1 amide bonds. The third kappa shape index (κ3) is 5.74. The Morgan fingerprint density at radius 3 is 2.36 bits per heavy atom. The number of para-hydroxylation sites is 2. The van der Waals surface area contributed by atoms with Crippen molar-refractivity contribution >= 4 is 22.5 Å². The summed E-state index contributed by atoms with van der Waals surface area (Å²) in [7, 11) is 0. The molecule has 7 nitrogen and oxygen atoms in total. The second-order valence-electron chi connectivity index (χ2n) is 9.61. The van der Waals surface area contributed by atoms with E-state index in [0.717, 1.165) is 16.8 Å². The zero-order chi connectivity index (χ0) is 25.7. The van der Waals surface area contributed by atoms with Crippen LogP contribution in [0.2, 0.25) is 0 Å². The van der Waals surface area contributed by atoms with E-state index in [2.05, 4.69) is 43.1 Å². The maximum Gasteiger partial charge on any atom is 0.302 e. The van der Waals surface area contributed by atoms with Gasteiger partial charge >= 0.3 is 5.91 Å². The summed E-state index contributed by atoms with van der Waals surface area (Å²) in [5, 5.41) is 19.4. The van der Waals surface area contributed by atoms with Gasteiger partial charge in [-0.25, -0.2) is 0 Å². The molecule has 0 unspecified atom stereocenters. The molecule has 0 aliphatic carbocycles. The number of rotatable bonds is 8. The zero-order valence-corrected chi connectivity index (χ0v) is 21.1. The number of hydrogen-bond acceptors (Lipinski definition) is 5. The molecule has 36 heavy (non-hydrogen) atoms. The standard InChI is InChI=1S/C29H31N3O4/c1-20-9-5-8-12-25(20)36-19-26(33)30-31-27-23-10-6-7-11-24(23)32(28(27)34)17-18-35-22-15-13-21(14-16-22)29(2,3)4/h5-16,34H,17-19H2,1-4H3. The zero-order valence-electron chi connectivity index (χ0n) is 21.1. The van der Waals surface area contributed by atoms with Gasteiger partial charge in [0.25, 0.3) is 0 Å². The van der Waals surface area contributed by atoms with Crippen molar-refractivity contribution in [2.24, 2.45) is 10.2 Å². The Balaban J connectivity index is 1.44. The van der Waals surface area contributed by atoms with Crippen molar-refractivity contribution in [3.05, 3.63) is 83.9 Å². The van der Waals surface area contributed by atoms with Crippen LogP contribution < -0.4 is 9.47 Å². The van der Waals surface area contributed by atoms with E-state index >= 15 is 0 Å². The van der Waals surface area contributed by atoms with E-state index in [-0.39, 0.29) is 23.6 Å². The third-order valence-electron chi connectivity index (χ3n) is 5.93. The molecule has 0 radical (unpaired) electrons. The average Bonchev–Trinajstić information content (AvgIpc) is 3.12. The van der Waals surface area contributed by atoms with Crippen molar-refractivity contribution in [3.8, 4) is 17.4 Å². The van der Waals surface area contributed by atoms with Crippen LogP contribution in [0, 0.1) is 6.92 Å². The molecule has 0 fully saturated rings. The highest BCUT2D eigenvalue weighted by atomic mass is 16.5. The van der Waals surface area contributed by atoms with Crippen LogP contribution >= 0.6 is 0 Å². The molecule has 186 valence electrons. The number of aromatic nitrogens is 1. The second-order valence-corrected chi connectivity index (χ2v) is 9.61. The lowest BCUT2D eigenvalue weighted by molar-refractivity contribution is -0.120. The number of carbonyl (C=O) groups is 1. The lowest BCUT2D eigenvalue weighted by atomic mass is 9.87. The first-order valence-corrected chi connectivity index (χ1v) is 11.9. The van der Waals surface area contributed by atoms with E-state index in [1.807, 2.05) is 61.5 Å². The van der Waals surface area contributed by atoms with E-state index < -0.39 is 5.91 Å². The van der Waals surface area contributed by atoms with Crippen molar-refractivity contribution in [3.63, 3.8) is 0 Å². The molecule has 0 saturated carbocycles. The fraction of sp³-hybridized carbons (Fsp3) is 0.276. The number of azo groups is 1. The van der Waals surface area contributed by atoms with Gasteiger partial charge in [0, 0.05) is 5.39 Å². The number of amides is 1. The van der Waals surface area contributed by atoms with Crippen LogP contribution in [0.25, 0.3) is 10.9 Å². The number of hydrogen-bond donors (Lipinski definition) is 1. The molecule has 4 aromatic rings. The highest BCUT2D eigenvalue weighted by Crippen LogP contribution is 2.38. The molecule has 0 atom stereocenters. The molecule has 0 aliphatic rings. The summed E-state index contributed by atoms with van der Waals surface area (Å²) in [5.74, 6) is 0.766. The molecule has 4 rings (SSSR count). The van der Waals surface area contributed by atoms with Gasteiger partial charge in [-0.1, -0.05) is 69.3 Å². The fourth-order valence-corrected chi connectivity index (χ4v) is 3.90. The van der Waals surface area contributed by atoms with Gasteiger partial charge in [-0.05, 0) is 47.7 Å². The van der Waals surface area contributed by atoms with Gasteiger partial charge in [-0.15, -0.1) is 10.2 Å². The molecule has 3 aromatic carbocycles. The summed E-state index contributed by atoms with van der Waals surface area (Å²) in [6, 6.07) is 22.9. The molecule has 0 bridgehead atoms. The molecule has 7 heteroatoms. The Morgan fingerprint density at radius 2 is 1.64 bits per heavy atom. The highest BCUT2D eigenvalue weighted by Gasteiger charge is 2.17. The minimum Gasteiger partial charge on any atom is -0.493 e. The number of aromatic hydroxyl groups is 1. The topological polar surface area (TPSA) is 85.4 Å². The first-order valence-electron chi connectivity index (χ1n) is 11.9. The summed E-state index contributed by atoms with van der Waals surface area (Å²) >= 11 is 0. The summed E-state index contributed by atoms with van der Waals surface area (Å²) in [6.07, 6.45) is 0. The van der Waals surface area contributed by atoms with Gasteiger partial charge in [0.1, 0.15) is 18.1 Å². The maximum absolute atomic E-state index is 12.3. The highest BCUT2D eigenvalue weighted by molar-refractivity contribution is 5.95. The SMILES string of the molecule is Cc1ccccc1OCC(=O)N=Nc1c(O)n(CCOc2ccc(C(C)(C)C)cc2)c2ccccc12. The van der Waals surface area contributed by atoms with Crippen molar-refractivity contribution in [1.82, 2.24) is 4.57 Å². The van der Waals surface area contributed by atoms with Crippen molar-refractivity contribution in [2.45, 2.75) is 39.7 Å². The predicted molar refractivity (Wildman–Crippen MR) is 140 cm³/mol. The number of fused-ring (bicyclic) bond motifs is 1. The normalized spacial score (nSPS) is 11.8. The van der Waals surface area contributed by atoms with Crippen molar-refractivity contribution < 1.29 is 19.4 Å². The van der Waals surface area contributed by atoms with Crippen LogP contribution in [0.5, 0.6) is 17.4 Å². The molecule has 0 spiro atoms. The maximum atomic E-state index is 12.3. The van der Waals surface area contributed by atoms with Gasteiger partial charge in [0.15, 0.2) is 12.3 Å². The van der Waals surface area contributed by atoms with E-state index in [9.17, 15) is 9.90 Å². The third-order valence-corrected chi connectivity index (χ3v) is 5.93. The average molecular weight is 486 g/mol. The Kier molecular flexibility index (Phi) is 7.38. The Morgan fingerprint density at radius 1 is 0.944 bits per heavy atom. The Hall–Kier alpha value is -4.13. The smallest absolute Gasteiger partial charge is 0.302 e. The molecular weight excluding hydrogens is 454 g/mol. The Labute approximate surface area is 211 Å². The van der Waals surface area contributed by atoms with Crippen LogP contribution in [0.3, 0.4) is 0 Å². The number of nitrogens with zero attached hydrogens (tertiary/aromatic N) is 3. The summed E-state index contributed by atoms with van der Waals surface area (Å²) in [4.78, 5) is 12.3. The molecule has 1 N–H and O–H groups in total. The summed E-state index contributed by atoms with van der Waals surface area (Å²) in [6.45, 7) is 8.91. The first-order chi connectivity index (χ1) is 17.2. The van der Waals surface area contributed by atoms with E-state index in [1.54, 1.807) is 10.6 Å². The van der Waals surface area contributed by atoms with Crippen LogP contribution in [0.4, 0.5) is 5.69 Å². The van der Waals surface area contributed by atoms with Gasteiger partial charge in [0.05, 0.1) is 12.1 Å². The number of aryl methyl sites for hydroxylation is 1. The van der Waals surface area contributed by atoms with Crippen molar-refractivity contribution in [2.75, 3.05) is 13.2 Å². The minimum atomic E-state index is -0.545. The van der Waals surface area contributed by atoms with Gasteiger partial charge in [-0.3, -0.25) is 4.79 Å². The van der Waals surface area contributed by atoms with Gasteiger partial charge in [0.2, 0.25) is 5.88 Å². The van der Waals surface area contributed by atoms with E-state index in [0.29, 0.717) is 24.3 Å². The van der Waals surface area contributed by atoms with Crippen LogP contribution in [-0.2, 0) is 16.8 Å². The number of ether oxygens (including phenoxy) is 2. The molecular formula is C29H31N3O4. The second kappa shape index (κ2) is 10.6. The fourth-order valence-electron chi connectivity index (χ4n) is 3.90. The lowest BCUT2D eigenvalue weighted by Gasteiger charge is -2.19. The van der Waals surface area contributed by atoms with Gasteiger partial charge in [-0.2, -0.15) is 0 Å². The Bertz CT molecular complexity index is 1380. The quantitative estimate of drug-likeness (QED) is 0.281. The largest absolute Gasteiger partial charge is 0.493 e. The molecule has 0 saturated heterocycles. The van der Waals surface area contributed by atoms with E-state index in [4.69, 9.17) is 9.47 Å². The lowest BCUT2D eigenvalue weighted by Crippen LogP contribution is -2.11. The van der Waals surface area contributed by atoms with Gasteiger partial charge < -0.3 is 19.1 Å². The number of benzene rings is 3. The predicted octanol–water partition coefficient (Wildman–Crippen LogP) is 6.72. The van der Waals surface area contributed by atoms with Crippen LogP contribution in [0.1, 0.15) is 31.9 Å². The minimum absolute atomic E-state index is 0.0701.